The highest BCUT2D eigenvalue weighted by atomic mass is 35.5. The Balaban J connectivity index is 1.87. The van der Waals surface area contributed by atoms with E-state index in [1.165, 1.54) is 0 Å². The first-order valence-corrected chi connectivity index (χ1v) is 8.65. The summed E-state index contributed by atoms with van der Waals surface area (Å²) in [4.78, 5) is 28.2. The van der Waals surface area contributed by atoms with Gasteiger partial charge in [0.2, 0.25) is 5.91 Å². The Labute approximate surface area is 145 Å². The Morgan fingerprint density at radius 1 is 1.13 bits per heavy atom. The molecule has 0 aliphatic heterocycles. The van der Waals surface area contributed by atoms with E-state index in [2.05, 4.69) is 0 Å². The van der Waals surface area contributed by atoms with Crippen LogP contribution in [0.2, 0.25) is 5.02 Å². The molecule has 0 spiro atoms. The fourth-order valence-electron chi connectivity index (χ4n) is 2.41. The molecule has 0 saturated heterocycles. The van der Waals surface area contributed by atoms with E-state index in [1.54, 1.807) is 35.4 Å². The Hall–Kier alpha value is -1.65. The average Bonchev–Trinajstić information content (AvgIpc) is 2.85. The topological polar surface area (TPSA) is 37.4 Å². The third-order valence-corrected chi connectivity index (χ3v) is 4.88. The first kappa shape index (κ1) is 17.7. The third-order valence-electron chi connectivity index (χ3n) is 3.67. The lowest BCUT2D eigenvalue weighted by molar-refractivity contribution is -0.130. The van der Waals surface area contributed by atoms with Crippen molar-refractivity contribution in [1.29, 1.82) is 0 Å². The summed E-state index contributed by atoms with van der Waals surface area (Å²) < 4.78 is 0. The summed E-state index contributed by atoms with van der Waals surface area (Å²) in [5.41, 5.74) is 1.77. The monoisotopic (exact) mass is 349 g/mol. The molecule has 1 aromatic carbocycles. The molecule has 2 rings (SSSR count). The molecule has 1 amide bonds. The standard InChI is InChI=1S/C18H20ClNO2S/c1-12-10-16(13(2)23-12)17(21)8-9-18(22)20(3)11-14-4-6-15(19)7-5-14/h4-7,10H,8-9,11H2,1-3H3. The predicted molar refractivity (Wildman–Crippen MR) is 95.3 cm³/mol. The maximum absolute atomic E-state index is 12.2. The van der Waals surface area contributed by atoms with Gasteiger partial charge in [-0.25, -0.2) is 0 Å². The zero-order valence-corrected chi connectivity index (χ0v) is 15.1. The second kappa shape index (κ2) is 7.75. The van der Waals surface area contributed by atoms with Crippen molar-refractivity contribution >= 4 is 34.6 Å². The fraction of sp³-hybridized carbons (Fsp3) is 0.333. The van der Waals surface area contributed by atoms with Crippen LogP contribution in [0.4, 0.5) is 0 Å². The van der Waals surface area contributed by atoms with Crippen LogP contribution in [0.1, 0.15) is 38.5 Å². The van der Waals surface area contributed by atoms with Gasteiger partial charge in [0, 0.05) is 46.8 Å². The third kappa shape index (κ3) is 4.91. The highest BCUT2D eigenvalue weighted by molar-refractivity contribution is 7.12. The van der Waals surface area contributed by atoms with E-state index < -0.39 is 0 Å². The van der Waals surface area contributed by atoms with E-state index in [1.807, 2.05) is 32.0 Å². The fourth-order valence-corrected chi connectivity index (χ4v) is 3.47. The summed E-state index contributed by atoms with van der Waals surface area (Å²) in [5, 5.41) is 0.676. The van der Waals surface area contributed by atoms with Crippen LogP contribution >= 0.6 is 22.9 Å². The molecule has 0 fully saturated rings. The second-order valence-electron chi connectivity index (χ2n) is 5.63. The van der Waals surface area contributed by atoms with Crippen LogP contribution in [0, 0.1) is 13.8 Å². The van der Waals surface area contributed by atoms with Gasteiger partial charge >= 0.3 is 0 Å². The minimum atomic E-state index is -0.0297. The van der Waals surface area contributed by atoms with E-state index in [-0.39, 0.29) is 24.5 Å². The number of thiophene rings is 1. The van der Waals surface area contributed by atoms with Gasteiger partial charge in [0.05, 0.1) is 0 Å². The molecule has 0 radical (unpaired) electrons. The minimum Gasteiger partial charge on any atom is -0.341 e. The molecule has 5 heteroatoms. The molecule has 2 aromatic rings. The molecule has 0 unspecified atom stereocenters. The van der Waals surface area contributed by atoms with Crippen molar-refractivity contribution in [3.8, 4) is 0 Å². The zero-order valence-electron chi connectivity index (χ0n) is 13.6. The summed E-state index contributed by atoms with van der Waals surface area (Å²) in [6.07, 6.45) is 0.484. The molecule has 0 saturated carbocycles. The van der Waals surface area contributed by atoms with Gasteiger partial charge in [0.25, 0.3) is 0 Å². The lowest BCUT2D eigenvalue weighted by Crippen LogP contribution is -2.26. The summed E-state index contributed by atoms with van der Waals surface area (Å²) in [7, 11) is 1.75. The highest BCUT2D eigenvalue weighted by Gasteiger charge is 2.15. The Morgan fingerprint density at radius 3 is 2.35 bits per heavy atom. The molecule has 122 valence electrons. The normalized spacial score (nSPS) is 10.6. The molecular weight excluding hydrogens is 330 g/mol. The van der Waals surface area contributed by atoms with Crippen LogP contribution < -0.4 is 0 Å². The number of ketones is 1. The van der Waals surface area contributed by atoms with Gasteiger partial charge < -0.3 is 4.90 Å². The molecule has 23 heavy (non-hydrogen) atoms. The van der Waals surface area contributed by atoms with Crippen LogP contribution in [0.25, 0.3) is 0 Å². The van der Waals surface area contributed by atoms with Crippen LogP contribution in [0.5, 0.6) is 0 Å². The number of aryl methyl sites for hydroxylation is 2. The van der Waals surface area contributed by atoms with Gasteiger partial charge in [0.15, 0.2) is 5.78 Å². The number of rotatable bonds is 6. The maximum Gasteiger partial charge on any atom is 0.223 e. The van der Waals surface area contributed by atoms with Gasteiger partial charge in [-0.2, -0.15) is 0 Å². The first-order chi connectivity index (χ1) is 10.9. The number of hydrogen-bond acceptors (Lipinski definition) is 3. The summed E-state index contributed by atoms with van der Waals surface area (Å²) in [6.45, 7) is 4.44. The maximum atomic E-state index is 12.2. The van der Waals surface area contributed by atoms with Crippen molar-refractivity contribution in [1.82, 2.24) is 4.90 Å². The number of carbonyl (C=O) groups is 2. The minimum absolute atomic E-state index is 0.0297. The first-order valence-electron chi connectivity index (χ1n) is 7.45. The second-order valence-corrected chi connectivity index (χ2v) is 7.52. The van der Waals surface area contributed by atoms with E-state index in [9.17, 15) is 9.59 Å². The number of benzene rings is 1. The molecule has 0 bridgehead atoms. The molecule has 3 nitrogen and oxygen atoms in total. The molecule has 0 N–H and O–H groups in total. The van der Waals surface area contributed by atoms with Crippen molar-refractivity contribution in [2.45, 2.75) is 33.2 Å². The van der Waals surface area contributed by atoms with E-state index in [4.69, 9.17) is 11.6 Å². The van der Waals surface area contributed by atoms with Crippen molar-refractivity contribution in [3.05, 3.63) is 56.2 Å². The molecule has 0 aliphatic rings. The van der Waals surface area contributed by atoms with Gasteiger partial charge in [0.1, 0.15) is 0 Å². The molecule has 1 heterocycles. The predicted octanol–water partition coefficient (Wildman–Crippen LogP) is 4.64. The molecule has 1 aromatic heterocycles. The number of carbonyl (C=O) groups excluding carboxylic acids is 2. The lowest BCUT2D eigenvalue weighted by atomic mass is 10.1. The van der Waals surface area contributed by atoms with E-state index >= 15 is 0 Å². The SMILES string of the molecule is Cc1cc(C(=O)CCC(=O)N(C)Cc2ccc(Cl)cc2)c(C)s1. The van der Waals surface area contributed by atoms with Crippen molar-refractivity contribution in [2.75, 3.05) is 7.05 Å². The Bertz CT molecular complexity index is 706. The summed E-state index contributed by atoms with van der Waals surface area (Å²) >= 11 is 7.46. The summed E-state index contributed by atoms with van der Waals surface area (Å²) in [5.74, 6) is 0.0120. The smallest absolute Gasteiger partial charge is 0.223 e. The number of nitrogens with zero attached hydrogens (tertiary/aromatic N) is 1. The van der Waals surface area contributed by atoms with Gasteiger partial charge in [-0.1, -0.05) is 23.7 Å². The highest BCUT2D eigenvalue weighted by Crippen LogP contribution is 2.22. The van der Waals surface area contributed by atoms with Crippen LogP contribution in [-0.2, 0) is 11.3 Å². The summed E-state index contributed by atoms with van der Waals surface area (Å²) in [6, 6.07) is 9.31. The average molecular weight is 350 g/mol. The van der Waals surface area contributed by atoms with E-state index in [0.717, 1.165) is 20.9 Å². The molecule has 0 atom stereocenters. The lowest BCUT2D eigenvalue weighted by Gasteiger charge is -2.17. The van der Waals surface area contributed by atoms with Crippen molar-refractivity contribution in [3.63, 3.8) is 0 Å². The van der Waals surface area contributed by atoms with Crippen LogP contribution in [0.3, 0.4) is 0 Å². The Kier molecular flexibility index (Phi) is 5.97. The number of hydrogen-bond donors (Lipinski definition) is 0. The van der Waals surface area contributed by atoms with Crippen LogP contribution in [-0.4, -0.2) is 23.6 Å². The Morgan fingerprint density at radius 2 is 1.78 bits per heavy atom. The number of halogens is 1. The number of amides is 1. The van der Waals surface area contributed by atoms with Gasteiger partial charge in [-0.05, 0) is 37.6 Å². The molecule has 0 aliphatic carbocycles. The number of Topliss-reactive ketones (excluding diaryl/α,β-unsaturated/α-hetero) is 1. The molecular formula is C18H20ClNO2S. The van der Waals surface area contributed by atoms with Crippen LogP contribution in [0.15, 0.2) is 30.3 Å². The largest absolute Gasteiger partial charge is 0.341 e. The van der Waals surface area contributed by atoms with E-state index in [0.29, 0.717) is 11.6 Å². The quantitative estimate of drug-likeness (QED) is 0.712. The van der Waals surface area contributed by atoms with Gasteiger partial charge in [-0.3, -0.25) is 9.59 Å². The zero-order chi connectivity index (χ0) is 17.0. The van der Waals surface area contributed by atoms with Crippen molar-refractivity contribution in [2.24, 2.45) is 0 Å². The van der Waals surface area contributed by atoms with Crippen molar-refractivity contribution < 1.29 is 9.59 Å². The van der Waals surface area contributed by atoms with Gasteiger partial charge in [-0.15, -0.1) is 11.3 Å².